The zero-order valence-corrected chi connectivity index (χ0v) is 9.82. The molecule has 18 heavy (non-hydrogen) atoms. The van der Waals surface area contributed by atoms with Crippen LogP contribution in [0.5, 0.6) is 5.88 Å². The third kappa shape index (κ3) is 1.71. The van der Waals surface area contributed by atoms with Crippen molar-refractivity contribution in [3.63, 3.8) is 0 Å². The average Bonchev–Trinajstić information content (AvgIpc) is 2.30. The van der Waals surface area contributed by atoms with Crippen LogP contribution in [0.25, 0.3) is 5.69 Å². The Labute approximate surface area is 101 Å². The van der Waals surface area contributed by atoms with Gasteiger partial charge >= 0.3 is 5.69 Å². The van der Waals surface area contributed by atoms with Crippen molar-refractivity contribution >= 4 is 0 Å². The number of aromatic nitrogens is 2. The summed E-state index contributed by atoms with van der Waals surface area (Å²) < 4.78 is 14.1. The lowest BCUT2D eigenvalue weighted by Gasteiger charge is -2.13. The molecule has 0 amide bonds. The van der Waals surface area contributed by atoms with E-state index in [0.29, 0.717) is 16.8 Å². The lowest BCUT2D eigenvalue weighted by molar-refractivity contribution is 0.385. The molecule has 1 heterocycles. The van der Waals surface area contributed by atoms with E-state index in [9.17, 15) is 19.1 Å². The molecule has 1 aromatic heterocycles. The number of rotatable bonds is 1. The van der Waals surface area contributed by atoms with Gasteiger partial charge in [-0.3, -0.25) is 9.78 Å². The van der Waals surface area contributed by atoms with E-state index in [-0.39, 0.29) is 0 Å². The van der Waals surface area contributed by atoms with Crippen molar-refractivity contribution in [3.8, 4) is 11.6 Å². The quantitative estimate of drug-likeness (QED) is 0.792. The van der Waals surface area contributed by atoms with E-state index in [1.165, 1.54) is 0 Å². The molecule has 2 aromatic rings. The number of nitrogens with zero attached hydrogens (tertiary/aromatic N) is 1. The average molecular weight is 250 g/mol. The Morgan fingerprint density at radius 3 is 2.33 bits per heavy atom. The fourth-order valence-corrected chi connectivity index (χ4v) is 1.87. The molecule has 0 saturated carbocycles. The van der Waals surface area contributed by atoms with Crippen LogP contribution in [-0.4, -0.2) is 14.7 Å². The van der Waals surface area contributed by atoms with Gasteiger partial charge in [0.15, 0.2) is 0 Å². The van der Waals surface area contributed by atoms with Crippen molar-refractivity contribution in [1.29, 1.82) is 0 Å². The topological polar surface area (TPSA) is 75.1 Å². The predicted octanol–water partition coefficient (Wildman–Crippen LogP) is 0.987. The smallest absolute Gasteiger partial charge is 0.335 e. The number of aryl methyl sites for hydroxylation is 2. The maximum absolute atomic E-state index is 13.4. The summed E-state index contributed by atoms with van der Waals surface area (Å²) in [5.74, 6) is -2.36. The third-order valence-electron chi connectivity index (χ3n) is 2.69. The number of aromatic hydroxyl groups is 1. The zero-order valence-electron chi connectivity index (χ0n) is 9.82. The van der Waals surface area contributed by atoms with Gasteiger partial charge in [-0.1, -0.05) is 18.2 Å². The number of benzene rings is 1. The zero-order chi connectivity index (χ0) is 13.4. The van der Waals surface area contributed by atoms with Gasteiger partial charge in [0, 0.05) is 0 Å². The van der Waals surface area contributed by atoms with Gasteiger partial charge in [0.25, 0.3) is 5.56 Å². The Balaban J connectivity index is 2.93. The van der Waals surface area contributed by atoms with Crippen LogP contribution < -0.4 is 11.2 Å². The summed E-state index contributed by atoms with van der Waals surface area (Å²) >= 11 is 0. The molecule has 0 unspecified atom stereocenters. The fourth-order valence-electron chi connectivity index (χ4n) is 1.87. The number of hydrogen-bond donors (Lipinski definition) is 2. The van der Waals surface area contributed by atoms with Crippen LogP contribution in [0.15, 0.2) is 27.8 Å². The van der Waals surface area contributed by atoms with E-state index >= 15 is 0 Å². The molecule has 94 valence electrons. The minimum Gasteiger partial charge on any atom is -0.492 e. The molecule has 0 fully saturated rings. The van der Waals surface area contributed by atoms with Gasteiger partial charge in [-0.05, 0) is 25.0 Å². The lowest BCUT2D eigenvalue weighted by Crippen LogP contribution is -2.31. The maximum atomic E-state index is 13.4. The first kappa shape index (κ1) is 12.1. The Morgan fingerprint density at radius 1 is 1.22 bits per heavy atom. The highest BCUT2D eigenvalue weighted by Gasteiger charge is 2.17. The molecule has 6 heteroatoms. The third-order valence-corrected chi connectivity index (χ3v) is 2.69. The summed E-state index contributed by atoms with van der Waals surface area (Å²) in [7, 11) is 0. The summed E-state index contributed by atoms with van der Waals surface area (Å²) in [5.41, 5.74) is -0.399. The molecule has 2 rings (SSSR count). The van der Waals surface area contributed by atoms with E-state index < -0.39 is 22.9 Å². The first-order chi connectivity index (χ1) is 8.43. The van der Waals surface area contributed by atoms with Crippen LogP contribution in [0.2, 0.25) is 0 Å². The van der Waals surface area contributed by atoms with E-state index in [2.05, 4.69) is 0 Å². The van der Waals surface area contributed by atoms with Crippen molar-refractivity contribution in [1.82, 2.24) is 9.55 Å². The van der Waals surface area contributed by atoms with Crippen LogP contribution in [0.1, 0.15) is 11.1 Å². The van der Waals surface area contributed by atoms with E-state index in [1.807, 2.05) is 4.98 Å². The van der Waals surface area contributed by atoms with Crippen LogP contribution in [0, 0.1) is 19.7 Å². The van der Waals surface area contributed by atoms with Crippen molar-refractivity contribution < 1.29 is 9.50 Å². The van der Waals surface area contributed by atoms with Crippen molar-refractivity contribution in [3.05, 3.63) is 56.0 Å². The van der Waals surface area contributed by atoms with Gasteiger partial charge in [-0.25, -0.2) is 9.36 Å². The molecule has 0 aliphatic heterocycles. The Hall–Kier alpha value is -2.37. The highest BCUT2D eigenvalue weighted by Crippen LogP contribution is 2.21. The number of H-pyrrole nitrogens is 1. The molecule has 0 saturated heterocycles. The summed E-state index contributed by atoms with van der Waals surface area (Å²) in [6.07, 6.45) is 0. The molecular formula is C12H11FN2O3. The lowest BCUT2D eigenvalue weighted by atomic mass is 10.1. The Bertz CT molecular complexity index is 711. The second-order valence-electron chi connectivity index (χ2n) is 3.97. The standard InChI is InChI=1S/C12H11FN2O3/c1-6-4-3-5-7(2)9(6)15-11(17)8(13)10(16)14-12(15)18/h3-5,17H,1-2H3,(H,14,16,18). The number of nitrogens with one attached hydrogen (secondary N) is 1. The first-order valence-electron chi connectivity index (χ1n) is 5.24. The van der Waals surface area contributed by atoms with Crippen LogP contribution >= 0.6 is 0 Å². The van der Waals surface area contributed by atoms with Gasteiger partial charge in [-0.15, -0.1) is 0 Å². The molecule has 5 nitrogen and oxygen atoms in total. The second-order valence-corrected chi connectivity index (χ2v) is 3.97. The van der Waals surface area contributed by atoms with Gasteiger partial charge in [0.2, 0.25) is 11.7 Å². The molecule has 0 aliphatic carbocycles. The molecule has 0 aliphatic rings. The monoisotopic (exact) mass is 250 g/mol. The highest BCUT2D eigenvalue weighted by atomic mass is 19.1. The summed E-state index contributed by atoms with van der Waals surface area (Å²) in [6.45, 7) is 3.44. The minimum atomic E-state index is -1.38. The molecule has 0 radical (unpaired) electrons. The summed E-state index contributed by atoms with van der Waals surface area (Å²) in [5, 5.41) is 9.63. The molecule has 1 aromatic carbocycles. The SMILES string of the molecule is Cc1cccc(C)c1-n1c(O)c(F)c(=O)[nH]c1=O. The summed E-state index contributed by atoms with van der Waals surface area (Å²) in [4.78, 5) is 24.5. The largest absolute Gasteiger partial charge is 0.492 e. The van der Waals surface area contributed by atoms with E-state index in [1.54, 1.807) is 32.0 Å². The van der Waals surface area contributed by atoms with E-state index in [4.69, 9.17) is 0 Å². The molecule has 0 bridgehead atoms. The van der Waals surface area contributed by atoms with Crippen LogP contribution in [0.4, 0.5) is 4.39 Å². The van der Waals surface area contributed by atoms with Gasteiger partial charge in [0.1, 0.15) is 0 Å². The second kappa shape index (κ2) is 4.14. The predicted molar refractivity (Wildman–Crippen MR) is 63.8 cm³/mol. The van der Waals surface area contributed by atoms with Crippen molar-refractivity contribution in [2.75, 3.05) is 0 Å². The number of aromatic amines is 1. The van der Waals surface area contributed by atoms with Crippen molar-refractivity contribution in [2.24, 2.45) is 0 Å². The van der Waals surface area contributed by atoms with Gasteiger partial charge in [0.05, 0.1) is 5.69 Å². The van der Waals surface area contributed by atoms with Gasteiger partial charge < -0.3 is 5.11 Å². The highest BCUT2D eigenvalue weighted by molar-refractivity contribution is 5.48. The normalized spacial score (nSPS) is 10.6. The minimum absolute atomic E-state index is 0.357. The Kier molecular flexibility index (Phi) is 2.78. The van der Waals surface area contributed by atoms with E-state index in [0.717, 1.165) is 4.57 Å². The first-order valence-corrected chi connectivity index (χ1v) is 5.24. The fraction of sp³-hybridized carbons (Fsp3) is 0.167. The molecule has 0 atom stereocenters. The van der Waals surface area contributed by atoms with Crippen LogP contribution in [-0.2, 0) is 0 Å². The number of hydrogen-bond acceptors (Lipinski definition) is 3. The number of para-hydroxylation sites is 1. The van der Waals surface area contributed by atoms with Crippen LogP contribution in [0.3, 0.4) is 0 Å². The molecule has 2 N–H and O–H groups in total. The molecular weight excluding hydrogens is 239 g/mol. The van der Waals surface area contributed by atoms with Gasteiger partial charge in [-0.2, -0.15) is 4.39 Å². The maximum Gasteiger partial charge on any atom is 0.335 e. The number of halogens is 1. The van der Waals surface area contributed by atoms with Crippen molar-refractivity contribution in [2.45, 2.75) is 13.8 Å². The Morgan fingerprint density at radius 2 is 1.78 bits per heavy atom. The molecule has 0 spiro atoms. The summed E-state index contributed by atoms with van der Waals surface area (Å²) in [6, 6.07) is 5.22.